The smallest absolute Gasteiger partial charge is 0.242 e. The zero-order valence-electron chi connectivity index (χ0n) is 15.9. The van der Waals surface area contributed by atoms with E-state index in [1.54, 1.807) is 12.0 Å². The Hall–Kier alpha value is -1.88. The van der Waals surface area contributed by atoms with Crippen molar-refractivity contribution in [2.24, 2.45) is 5.92 Å². The topological polar surface area (TPSA) is 49.9 Å². The molecular weight excluding hydrogens is 328 g/mol. The first-order valence-electron chi connectivity index (χ1n) is 9.76. The highest BCUT2D eigenvalue weighted by Crippen LogP contribution is 2.30. The van der Waals surface area contributed by atoms with Gasteiger partial charge in [-0.1, -0.05) is 37.1 Å². The van der Waals surface area contributed by atoms with Gasteiger partial charge in [0.2, 0.25) is 11.8 Å². The third-order valence-corrected chi connectivity index (χ3v) is 5.82. The quantitative estimate of drug-likeness (QED) is 0.786. The molecule has 1 heterocycles. The molecule has 1 saturated carbocycles. The number of carbonyl (C=O) groups excluding carboxylic acids is 2. The summed E-state index contributed by atoms with van der Waals surface area (Å²) in [5.41, 5.74) is 2.54. The molecule has 0 N–H and O–H groups in total. The third-order valence-electron chi connectivity index (χ3n) is 5.82. The van der Waals surface area contributed by atoms with Crippen molar-refractivity contribution in [3.63, 3.8) is 0 Å². The predicted octanol–water partition coefficient (Wildman–Crippen LogP) is 2.80. The molecule has 3 rings (SSSR count). The van der Waals surface area contributed by atoms with Gasteiger partial charge in [0.1, 0.15) is 0 Å². The summed E-state index contributed by atoms with van der Waals surface area (Å²) in [6.07, 6.45) is 5.00. The first-order valence-corrected chi connectivity index (χ1v) is 9.76. The summed E-state index contributed by atoms with van der Waals surface area (Å²) in [5, 5.41) is 0. The molecule has 1 aromatic rings. The van der Waals surface area contributed by atoms with E-state index in [0.717, 1.165) is 32.1 Å². The SMILES string of the molecule is COCCN(CC(=O)N1CCc2ccccc2C1C)C(=O)C1CCCC1. The summed E-state index contributed by atoms with van der Waals surface area (Å²) < 4.78 is 5.16. The van der Waals surface area contributed by atoms with Gasteiger partial charge in [0.05, 0.1) is 19.2 Å². The Morgan fingerprint density at radius 2 is 1.96 bits per heavy atom. The molecule has 0 saturated heterocycles. The minimum absolute atomic E-state index is 0.0365. The molecule has 2 aliphatic rings. The Morgan fingerprint density at radius 3 is 2.69 bits per heavy atom. The molecule has 1 unspecified atom stereocenters. The molecule has 26 heavy (non-hydrogen) atoms. The number of ether oxygens (including phenoxy) is 1. The second-order valence-electron chi connectivity index (χ2n) is 7.45. The van der Waals surface area contributed by atoms with Gasteiger partial charge in [-0.05, 0) is 37.3 Å². The predicted molar refractivity (Wildman–Crippen MR) is 101 cm³/mol. The second kappa shape index (κ2) is 8.67. The van der Waals surface area contributed by atoms with Crippen molar-refractivity contribution in [1.82, 2.24) is 9.80 Å². The molecule has 142 valence electrons. The highest BCUT2D eigenvalue weighted by atomic mass is 16.5. The lowest BCUT2D eigenvalue weighted by molar-refractivity contribution is -0.144. The minimum Gasteiger partial charge on any atom is -0.383 e. The fourth-order valence-electron chi connectivity index (χ4n) is 4.27. The van der Waals surface area contributed by atoms with E-state index < -0.39 is 0 Å². The van der Waals surface area contributed by atoms with Crippen LogP contribution in [-0.4, -0.2) is 55.0 Å². The Morgan fingerprint density at radius 1 is 1.23 bits per heavy atom. The standard InChI is InChI=1S/C21H30N2O3/c1-16-19-10-6-5-7-17(19)11-12-23(16)20(24)15-22(13-14-26-2)21(25)18-8-3-4-9-18/h5-7,10,16,18H,3-4,8-9,11-15H2,1-2H3. The van der Waals surface area contributed by atoms with Crippen LogP contribution in [0.25, 0.3) is 0 Å². The van der Waals surface area contributed by atoms with Gasteiger partial charge in [0.25, 0.3) is 0 Å². The molecule has 0 aromatic heterocycles. The molecule has 1 atom stereocenters. The third kappa shape index (κ3) is 4.09. The van der Waals surface area contributed by atoms with Crippen LogP contribution in [0, 0.1) is 5.92 Å². The number of rotatable bonds is 6. The Kier molecular flexibility index (Phi) is 6.30. The summed E-state index contributed by atoms with van der Waals surface area (Å²) >= 11 is 0. The van der Waals surface area contributed by atoms with Crippen LogP contribution in [0.5, 0.6) is 0 Å². The highest BCUT2D eigenvalue weighted by molar-refractivity contribution is 5.86. The van der Waals surface area contributed by atoms with Gasteiger partial charge in [0, 0.05) is 26.1 Å². The maximum absolute atomic E-state index is 13.0. The van der Waals surface area contributed by atoms with Gasteiger partial charge < -0.3 is 14.5 Å². The van der Waals surface area contributed by atoms with E-state index in [1.165, 1.54) is 11.1 Å². The fourth-order valence-corrected chi connectivity index (χ4v) is 4.27. The molecule has 0 spiro atoms. The monoisotopic (exact) mass is 358 g/mol. The Labute approximate surface area is 156 Å². The van der Waals surface area contributed by atoms with Crippen LogP contribution in [0.1, 0.15) is 49.8 Å². The summed E-state index contributed by atoms with van der Waals surface area (Å²) in [6.45, 7) is 3.90. The lowest BCUT2D eigenvalue weighted by Crippen LogP contribution is -2.48. The van der Waals surface area contributed by atoms with Gasteiger partial charge in [-0.15, -0.1) is 0 Å². The van der Waals surface area contributed by atoms with Gasteiger partial charge >= 0.3 is 0 Å². The second-order valence-corrected chi connectivity index (χ2v) is 7.45. The summed E-state index contributed by atoms with van der Waals surface area (Å²) in [5.74, 6) is 0.242. The van der Waals surface area contributed by atoms with Crippen LogP contribution in [0.3, 0.4) is 0 Å². The Balaban J connectivity index is 1.68. The molecule has 1 aromatic carbocycles. The zero-order valence-corrected chi connectivity index (χ0v) is 15.9. The molecule has 0 radical (unpaired) electrons. The van der Waals surface area contributed by atoms with Crippen LogP contribution in [0.2, 0.25) is 0 Å². The first-order chi connectivity index (χ1) is 12.6. The van der Waals surface area contributed by atoms with E-state index in [1.807, 2.05) is 11.0 Å². The molecule has 1 aliphatic carbocycles. The van der Waals surface area contributed by atoms with E-state index >= 15 is 0 Å². The van der Waals surface area contributed by atoms with Crippen molar-refractivity contribution in [2.45, 2.75) is 45.1 Å². The van der Waals surface area contributed by atoms with Crippen LogP contribution >= 0.6 is 0 Å². The lowest BCUT2D eigenvalue weighted by atomic mass is 9.93. The molecular formula is C21H30N2O3. The van der Waals surface area contributed by atoms with Crippen molar-refractivity contribution in [1.29, 1.82) is 0 Å². The molecule has 1 fully saturated rings. The maximum Gasteiger partial charge on any atom is 0.242 e. The number of nitrogens with zero attached hydrogens (tertiary/aromatic N) is 2. The van der Waals surface area contributed by atoms with E-state index in [9.17, 15) is 9.59 Å². The maximum atomic E-state index is 13.0. The first kappa shape index (κ1) is 18.9. The van der Waals surface area contributed by atoms with Crippen LogP contribution in [0.15, 0.2) is 24.3 Å². The molecule has 1 aliphatic heterocycles. The number of hydrogen-bond donors (Lipinski definition) is 0. The van der Waals surface area contributed by atoms with Crippen molar-refractivity contribution in [2.75, 3.05) is 33.4 Å². The van der Waals surface area contributed by atoms with Gasteiger partial charge in [-0.25, -0.2) is 0 Å². The summed E-state index contributed by atoms with van der Waals surface area (Å²) in [6, 6.07) is 8.37. The van der Waals surface area contributed by atoms with Gasteiger partial charge in [-0.3, -0.25) is 9.59 Å². The summed E-state index contributed by atoms with van der Waals surface area (Å²) in [7, 11) is 1.63. The van der Waals surface area contributed by atoms with Crippen LogP contribution in [0.4, 0.5) is 0 Å². The number of methoxy groups -OCH3 is 1. The number of carbonyl (C=O) groups is 2. The van der Waals surface area contributed by atoms with Crippen molar-refractivity contribution >= 4 is 11.8 Å². The van der Waals surface area contributed by atoms with E-state index in [2.05, 4.69) is 25.1 Å². The lowest BCUT2D eigenvalue weighted by Gasteiger charge is -2.37. The molecule has 5 nitrogen and oxygen atoms in total. The van der Waals surface area contributed by atoms with Crippen molar-refractivity contribution in [3.05, 3.63) is 35.4 Å². The van der Waals surface area contributed by atoms with Crippen LogP contribution in [-0.2, 0) is 20.7 Å². The summed E-state index contributed by atoms with van der Waals surface area (Å²) in [4.78, 5) is 29.5. The molecule has 2 amide bonds. The van der Waals surface area contributed by atoms with Crippen molar-refractivity contribution < 1.29 is 14.3 Å². The van der Waals surface area contributed by atoms with E-state index in [0.29, 0.717) is 19.7 Å². The largest absolute Gasteiger partial charge is 0.383 e. The van der Waals surface area contributed by atoms with Crippen LogP contribution < -0.4 is 0 Å². The van der Waals surface area contributed by atoms with E-state index in [-0.39, 0.29) is 30.3 Å². The fraction of sp³-hybridized carbons (Fsp3) is 0.619. The molecule has 5 heteroatoms. The zero-order chi connectivity index (χ0) is 18.5. The van der Waals surface area contributed by atoms with Crippen molar-refractivity contribution in [3.8, 4) is 0 Å². The highest BCUT2D eigenvalue weighted by Gasteiger charge is 2.32. The normalized spacial score (nSPS) is 20.1. The minimum atomic E-state index is 0.0365. The van der Waals surface area contributed by atoms with Gasteiger partial charge in [0.15, 0.2) is 0 Å². The Bertz CT molecular complexity index is 640. The number of fused-ring (bicyclic) bond motifs is 1. The van der Waals surface area contributed by atoms with Gasteiger partial charge in [-0.2, -0.15) is 0 Å². The average Bonchev–Trinajstić information content (AvgIpc) is 3.19. The average molecular weight is 358 g/mol. The van der Waals surface area contributed by atoms with E-state index in [4.69, 9.17) is 4.74 Å². The number of hydrogen-bond acceptors (Lipinski definition) is 3. The number of amides is 2. The molecule has 0 bridgehead atoms. The number of benzene rings is 1.